The van der Waals surface area contributed by atoms with Crippen molar-refractivity contribution in [2.45, 2.75) is 46.5 Å². The Labute approximate surface area is 169 Å². The third-order valence-electron chi connectivity index (χ3n) is 4.95. The minimum Gasteiger partial charge on any atom is -0.462 e. The van der Waals surface area contributed by atoms with Crippen LogP contribution in [0.15, 0.2) is 66.2 Å². The van der Waals surface area contributed by atoms with E-state index in [-0.39, 0.29) is 5.71 Å². The fraction of sp³-hybridized carbons (Fsp3) is 0.360. The third-order valence-corrected chi connectivity index (χ3v) is 4.95. The van der Waals surface area contributed by atoms with Crippen LogP contribution in [0.5, 0.6) is 0 Å². The predicted molar refractivity (Wildman–Crippen MR) is 117 cm³/mol. The summed E-state index contributed by atoms with van der Waals surface area (Å²) in [5, 5.41) is 8.29. The average molecular weight is 378 g/mol. The molecule has 0 saturated heterocycles. The number of hydrogen-bond acceptors (Lipinski definition) is 3. The Morgan fingerprint density at radius 1 is 0.964 bits per heavy atom. The molecule has 1 atom stereocenters. The van der Waals surface area contributed by atoms with E-state index in [2.05, 4.69) is 13.8 Å². The maximum atomic E-state index is 13.0. The zero-order chi connectivity index (χ0) is 20.4. The molecule has 0 fully saturated rings. The van der Waals surface area contributed by atoms with E-state index >= 15 is 0 Å². The Morgan fingerprint density at radius 3 is 1.93 bits per heavy atom. The van der Waals surface area contributed by atoms with Crippen LogP contribution >= 0.6 is 0 Å². The van der Waals surface area contributed by atoms with Gasteiger partial charge in [-0.3, -0.25) is 0 Å². The first-order valence-corrected chi connectivity index (χ1v) is 10.2. The SMILES string of the molecule is CCCCC(CC)COC(=O)C(C(C)=N)=C(c1ccccc1)c1ccccc1. The number of hydrogen-bond donors (Lipinski definition) is 1. The second-order valence-electron chi connectivity index (χ2n) is 7.12. The molecule has 0 aliphatic heterocycles. The van der Waals surface area contributed by atoms with E-state index in [0.29, 0.717) is 18.1 Å². The summed E-state index contributed by atoms with van der Waals surface area (Å²) in [6, 6.07) is 19.5. The lowest BCUT2D eigenvalue weighted by Crippen LogP contribution is -2.20. The fourth-order valence-corrected chi connectivity index (χ4v) is 3.27. The van der Waals surface area contributed by atoms with Gasteiger partial charge >= 0.3 is 5.97 Å². The number of carbonyl (C=O) groups is 1. The van der Waals surface area contributed by atoms with Crippen LogP contribution in [0.3, 0.4) is 0 Å². The van der Waals surface area contributed by atoms with Crippen molar-refractivity contribution in [2.24, 2.45) is 5.92 Å². The fourth-order valence-electron chi connectivity index (χ4n) is 3.27. The number of carbonyl (C=O) groups excluding carboxylic acids is 1. The number of ether oxygens (including phenoxy) is 1. The first kappa shape index (κ1) is 21.6. The molecule has 1 unspecified atom stereocenters. The Hall–Kier alpha value is -2.68. The number of esters is 1. The lowest BCUT2D eigenvalue weighted by Gasteiger charge is -2.18. The maximum absolute atomic E-state index is 13.0. The van der Waals surface area contributed by atoms with Crippen molar-refractivity contribution < 1.29 is 9.53 Å². The molecule has 3 nitrogen and oxygen atoms in total. The van der Waals surface area contributed by atoms with Crippen LogP contribution in [-0.2, 0) is 9.53 Å². The van der Waals surface area contributed by atoms with Gasteiger partial charge in [-0.25, -0.2) is 4.79 Å². The summed E-state index contributed by atoms with van der Waals surface area (Å²) in [6.07, 6.45) is 4.33. The molecule has 0 aromatic heterocycles. The Bertz CT molecular complexity index is 752. The highest BCUT2D eigenvalue weighted by Crippen LogP contribution is 2.28. The van der Waals surface area contributed by atoms with Crippen molar-refractivity contribution in [3.05, 3.63) is 77.4 Å². The summed E-state index contributed by atoms with van der Waals surface area (Å²) < 4.78 is 5.70. The molecular weight excluding hydrogens is 346 g/mol. The zero-order valence-electron chi connectivity index (χ0n) is 17.2. The van der Waals surface area contributed by atoms with E-state index in [1.165, 1.54) is 0 Å². The summed E-state index contributed by atoms with van der Waals surface area (Å²) in [4.78, 5) is 13.0. The van der Waals surface area contributed by atoms with Gasteiger partial charge in [-0.2, -0.15) is 0 Å². The number of nitrogens with one attached hydrogen (secondary N) is 1. The molecule has 1 N–H and O–H groups in total. The van der Waals surface area contributed by atoms with Crippen LogP contribution in [-0.4, -0.2) is 18.3 Å². The highest BCUT2D eigenvalue weighted by atomic mass is 16.5. The van der Waals surface area contributed by atoms with Crippen molar-refractivity contribution >= 4 is 17.3 Å². The summed E-state index contributed by atoms with van der Waals surface area (Å²) in [6.45, 7) is 6.36. The van der Waals surface area contributed by atoms with Gasteiger partial charge in [-0.15, -0.1) is 0 Å². The van der Waals surface area contributed by atoms with Crippen LogP contribution < -0.4 is 0 Å². The quantitative estimate of drug-likeness (QED) is 0.300. The van der Waals surface area contributed by atoms with E-state index in [9.17, 15) is 4.79 Å². The molecule has 148 valence electrons. The molecule has 0 radical (unpaired) electrons. The first-order chi connectivity index (χ1) is 13.6. The van der Waals surface area contributed by atoms with Crippen LogP contribution in [0, 0.1) is 11.3 Å². The first-order valence-electron chi connectivity index (χ1n) is 10.2. The van der Waals surface area contributed by atoms with Gasteiger partial charge in [-0.05, 0) is 30.4 Å². The minimum absolute atomic E-state index is 0.217. The standard InChI is InChI=1S/C25H31NO2/c1-4-6-13-20(5-2)18-28-25(27)23(19(3)26)24(21-14-9-7-10-15-21)22-16-11-8-12-17-22/h7-12,14-17,20,26H,4-6,13,18H2,1-3H3. The number of rotatable bonds is 10. The van der Waals surface area contributed by atoms with E-state index in [0.717, 1.165) is 42.4 Å². The summed E-state index contributed by atoms with van der Waals surface area (Å²) >= 11 is 0. The van der Waals surface area contributed by atoms with Crippen LogP contribution in [0.25, 0.3) is 5.57 Å². The molecule has 28 heavy (non-hydrogen) atoms. The molecule has 2 aromatic carbocycles. The highest BCUT2D eigenvalue weighted by molar-refractivity contribution is 6.24. The topological polar surface area (TPSA) is 50.2 Å². The van der Waals surface area contributed by atoms with Gasteiger partial charge in [0.05, 0.1) is 12.2 Å². The maximum Gasteiger partial charge on any atom is 0.340 e. The van der Waals surface area contributed by atoms with Crippen molar-refractivity contribution in [2.75, 3.05) is 6.61 Å². The lowest BCUT2D eigenvalue weighted by molar-refractivity contribution is -0.139. The normalized spacial score (nSPS) is 11.5. The smallest absolute Gasteiger partial charge is 0.340 e. The van der Waals surface area contributed by atoms with E-state index in [1.54, 1.807) is 6.92 Å². The molecule has 0 bridgehead atoms. The molecule has 0 aliphatic carbocycles. The average Bonchev–Trinajstić information content (AvgIpc) is 2.72. The van der Waals surface area contributed by atoms with Crippen molar-refractivity contribution in [3.63, 3.8) is 0 Å². The summed E-state index contributed by atoms with van der Waals surface area (Å²) in [5.74, 6) is -0.0433. The van der Waals surface area contributed by atoms with Gasteiger partial charge in [0.15, 0.2) is 0 Å². The van der Waals surface area contributed by atoms with E-state index in [1.807, 2.05) is 60.7 Å². The molecule has 2 aromatic rings. The molecule has 0 heterocycles. The van der Waals surface area contributed by atoms with Crippen molar-refractivity contribution in [1.29, 1.82) is 5.41 Å². The molecule has 0 aliphatic rings. The van der Waals surface area contributed by atoms with Crippen molar-refractivity contribution in [1.82, 2.24) is 0 Å². The Balaban J connectivity index is 2.41. The Kier molecular flexibility index (Phi) is 8.67. The monoisotopic (exact) mass is 377 g/mol. The molecule has 2 rings (SSSR count). The number of benzene rings is 2. The molecule has 0 saturated carbocycles. The van der Waals surface area contributed by atoms with Gasteiger partial charge < -0.3 is 10.1 Å². The Morgan fingerprint density at radius 2 is 1.50 bits per heavy atom. The van der Waals surface area contributed by atoms with Gasteiger partial charge in [0.2, 0.25) is 0 Å². The minimum atomic E-state index is -0.412. The zero-order valence-corrected chi connectivity index (χ0v) is 17.2. The van der Waals surface area contributed by atoms with Crippen LogP contribution in [0.1, 0.15) is 57.6 Å². The predicted octanol–water partition coefficient (Wildman–Crippen LogP) is 6.29. The van der Waals surface area contributed by atoms with Gasteiger partial charge in [0.25, 0.3) is 0 Å². The summed E-state index contributed by atoms with van der Waals surface area (Å²) in [7, 11) is 0. The van der Waals surface area contributed by atoms with Gasteiger partial charge in [-0.1, -0.05) is 93.8 Å². The summed E-state index contributed by atoms with van der Waals surface area (Å²) in [5.41, 5.74) is 3.12. The lowest BCUT2D eigenvalue weighted by atomic mass is 9.91. The van der Waals surface area contributed by atoms with Crippen molar-refractivity contribution in [3.8, 4) is 0 Å². The van der Waals surface area contributed by atoms with Crippen LogP contribution in [0.2, 0.25) is 0 Å². The van der Waals surface area contributed by atoms with Gasteiger partial charge in [0, 0.05) is 11.3 Å². The number of unbranched alkanes of at least 4 members (excludes halogenated alkanes) is 1. The molecule has 0 spiro atoms. The molecular formula is C25H31NO2. The van der Waals surface area contributed by atoms with E-state index < -0.39 is 5.97 Å². The molecule has 0 amide bonds. The highest BCUT2D eigenvalue weighted by Gasteiger charge is 2.22. The van der Waals surface area contributed by atoms with Gasteiger partial charge in [0.1, 0.15) is 0 Å². The second-order valence-corrected chi connectivity index (χ2v) is 7.12. The van der Waals surface area contributed by atoms with Crippen LogP contribution in [0.4, 0.5) is 0 Å². The van der Waals surface area contributed by atoms with E-state index in [4.69, 9.17) is 10.1 Å². The molecule has 3 heteroatoms. The third kappa shape index (κ3) is 5.91. The second kappa shape index (κ2) is 11.2. The largest absolute Gasteiger partial charge is 0.462 e.